The van der Waals surface area contributed by atoms with Gasteiger partial charge in [0.15, 0.2) is 0 Å². The molecule has 2 rings (SSSR count). The maximum atomic E-state index is 10.9. The van der Waals surface area contributed by atoms with Gasteiger partial charge in [0.1, 0.15) is 10.8 Å². The summed E-state index contributed by atoms with van der Waals surface area (Å²) in [5.74, 6) is 0.377. The molecule has 1 aromatic heterocycles. The molecule has 0 saturated carbocycles. The minimum absolute atomic E-state index is 0.0505. The van der Waals surface area contributed by atoms with Crippen molar-refractivity contribution in [3.63, 3.8) is 0 Å². The van der Waals surface area contributed by atoms with Crippen LogP contribution in [0.1, 0.15) is 30.6 Å². The van der Waals surface area contributed by atoms with E-state index in [9.17, 15) is 10.1 Å². The highest BCUT2D eigenvalue weighted by atomic mass is 35.5. The number of aromatic nitrogens is 2. The zero-order valence-corrected chi connectivity index (χ0v) is 12.0. The molecule has 0 aliphatic carbocycles. The number of halogens is 1. The maximum Gasteiger partial charge on any atom is 0.269 e. The van der Waals surface area contributed by atoms with Crippen LogP contribution in [0.5, 0.6) is 0 Å². The van der Waals surface area contributed by atoms with Gasteiger partial charge in [-0.15, -0.1) is 0 Å². The van der Waals surface area contributed by atoms with E-state index in [1.54, 1.807) is 23.7 Å². The Morgan fingerprint density at radius 3 is 2.75 bits per heavy atom. The van der Waals surface area contributed by atoms with E-state index in [-0.39, 0.29) is 11.7 Å². The fraction of sp³-hybridized carbons (Fsp3) is 0.308. The normalized spacial score (nSPS) is 12.3. The maximum absolute atomic E-state index is 10.9. The second-order valence-corrected chi connectivity index (χ2v) is 4.88. The topological polar surface area (TPSA) is 87.0 Å². The quantitative estimate of drug-likeness (QED) is 0.692. The van der Waals surface area contributed by atoms with Crippen molar-refractivity contribution in [3.05, 3.63) is 50.7 Å². The summed E-state index contributed by atoms with van der Waals surface area (Å²) in [5, 5.41) is 15.6. The zero-order chi connectivity index (χ0) is 14.9. The molecule has 1 unspecified atom stereocenters. The molecule has 20 heavy (non-hydrogen) atoms. The molecule has 7 heteroatoms. The van der Waals surface area contributed by atoms with Crippen molar-refractivity contribution in [1.82, 2.24) is 9.78 Å². The minimum Gasteiger partial charge on any atom is -0.383 e. The Kier molecular flexibility index (Phi) is 3.94. The standard InChI is InChI=1S/C13H15ClN4O2/c1-3-11(17-13(15)12(14)8(2)16-17)9-5-4-6-10(7-9)18(19)20/h4-7,11H,3,15H2,1-2H3. The number of aryl methyl sites for hydroxylation is 1. The molecule has 1 aromatic carbocycles. The second-order valence-electron chi connectivity index (χ2n) is 4.51. The predicted octanol–water partition coefficient (Wildman–Crippen LogP) is 3.33. The number of nitrogens with two attached hydrogens (primary N) is 1. The van der Waals surface area contributed by atoms with Crippen LogP contribution in [0.4, 0.5) is 11.5 Å². The van der Waals surface area contributed by atoms with Gasteiger partial charge >= 0.3 is 0 Å². The number of nitrogens with zero attached hydrogens (tertiary/aromatic N) is 3. The fourth-order valence-corrected chi connectivity index (χ4v) is 2.30. The molecule has 0 bridgehead atoms. The van der Waals surface area contributed by atoms with Gasteiger partial charge in [-0.3, -0.25) is 10.1 Å². The van der Waals surface area contributed by atoms with E-state index in [0.29, 0.717) is 23.0 Å². The van der Waals surface area contributed by atoms with Crippen LogP contribution in [-0.4, -0.2) is 14.7 Å². The Labute approximate surface area is 121 Å². The Hall–Kier alpha value is -2.08. The monoisotopic (exact) mass is 294 g/mol. The van der Waals surface area contributed by atoms with Crippen molar-refractivity contribution in [2.75, 3.05) is 5.73 Å². The van der Waals surface area contributed by atoms with Crippen LogP contribution >= 0.6 is 11.6 Å². The largest absolute Gasteiger partial charge is 0.383 e. The van der Waals surface area contributed by atoms with Crippen molar-refractivity contribution in [1.29, 1.82) is 0 Å². The zero-order valence-electron chi connectivity index (χ0n) is 11.2. The van der Waals surface area contributed by atoms with Crippen LogP contribution in [0, 0.1) is 17.0 Å². The summed E-state index contributed by atoms with van der Waals surface area (Å²) in [6.45, 7) is 3.74. The van der Waals surface area contributed by atoms with Crippen LogP contribution in [0.15, 0.2) is 24.3 Å². The molecule has 6 nitrogen and oxygen atoms in total. The predicted molar refractivity (Wildman–Crippen MR) is 77.9 cm³/mol. The molecule has 0 fully saturated rings. The number of hydrogen-bond acceptors (Lipinski definition) is 4. The van der Waals surface area contributed by atoms with E-state index in [1.165, 1.54) is 6.07 Å². The van der Waals surface area contributed by atoms with E-state index in [2.05, 4.69) is 5.10 Å². The Balaban J connectivity index is 2.49. The van der Waals surface area contributed by atoms with Crippen LogP contribution in [0.25, 0.3) is 0 Å². The molecular formula is C13H15ClN4O2. The lowest BCUT2D eigenvalue weighted by Crippen LogP contribution is -2.14. The Morgan fingerprint density at radius 1 is 1.55 bits per heavy atom. The SMILES string of the molecule is CCC(c1cccc([N+](=O)[O-])c1)n1nc(C)c(Cl)c1N. The van der Waals surface area contributed by atoms with E-state index < -0.39 is 4.92 Å². The third-order valence-electron chi connectivity index (χ3n) is 3.19. The van der Waals surface area contributed by atoms with Gasteiger partial charge in [-0.2, -0.15) is 5.10 Å². The molecule has 2 N–H and O–H groups in total. The van der Waals surface area contributed by atoms with Crippen LogP contribution in [0.2, 0.25) is 5.02 Å². The van der Waals surface area contributed by atoms with Gasteiger partial charge in [-0.25, -0.2) is 4.68 Å². The molecule has 1 heterocycles. The van der Waals surface area contributed by atoms with Crippen molar-refractivity contribution in [2.45, 2.75) is 26.3 Å². The number of nitro benzene ring substituents is 1. The number of non-ortho nitro benzene ring substituents is 1. The first-order valence-corrected chi connectivity index (χ1v) is 6.58. The highest BCUT2D eigenvalue weighted by Crippen LogP contribution is 2.31. The molecule has 2 aromatic rings. The average Bonchev–Trinajstić information content (AvgIpc) is 2.68. The summed E-state index contributed by atoms with van der Waals surface area (Å²) in [4.78, 5) is 10.4. The van der Waals surface area contributed by atoms with Gasteiger partial charge in [-0.1, -0.05) is 30.7 Å². The molecule has 106 valence electrons. The number of hydrogen-bond donors (Lipinski definition) is 1. The highest BCUT2D eigenvalue weighted by molar-refractivity contribution is 6.33. The molecule has 0 spiro atoms. The third kappa shape index (κ3) is 2.46. The number of anilines is 1. The first-order chi connectivity index (χ1) is 9.45. The third-order valence-corrected chi connectivity index (χ3v) is 3.66. The summed E-state index contributed by atoms with van der Waals surface area (Å²) in [7, 11) is 0. The van der Waals surface area contributed by atoms with Gasteiger partial charge in [0.2, 0.25) is 0 Å². The van der Waals surface area contributed by atoms with E-state index >= 15 is 0 Å². The van der Waals surface area contributed by atoms with Gasteiger partial charge < -0.3 is 5.73 Å². The van der Waals surface area contributed by atoms with Gasteiger partial charge in [0, 0.05) is 12.1 Å². The van der Waals surface area contributed by atoms with Crippen molar-refractivity contribution in [3.8, 4) is 0 Å². The lowest BCUT2D eigenvalue weighted by Gasteiger charge is -2.17. The minimum atomic E-state index is -0.416. The molecule has 0 aliphatic rings. The smallest absolute Gasteiger partial charge is 0.269 e. The van der Waals surface area contributed by atoms with Gasteiger partial charge in [-0.05, 0) is 18.9 Å². The first kappa shape index (κ1) is 14.3. The molecule has 1 atom stereocenters. The van der Waals surface area contributed by atoms with Crippen molar-refractivity contribution < 1.29 is 4.92 Å². The number of nitrogen functional groups attached to an aromatic ring is 1. The number of nitro groups is 1. The second kappa shape index (κ2) is 5.50. The molecule has 0 amide bonds. The lowest BCUT2D eigenvalue weighted by molar-refractivity contribution is -0.384. The van der Waals surface area contributed by atoms with Crippen LogP contribution in [0.3, 0.4) is 0 Å². The summed E-state index contributed by atoms with van der Waals surface area (Å²) in [5.41, 5.74) is 7.43. The molecule has 0 radical (unpaired) electrons. The average molecular weight is 295 g/mol. The van der Waals surface area contributed by atoms with Gasteiger partial charge in [0.05, 0.1) is 16.7 Å². The first-order valence-electron chi connectivity index (χ1n) is 6.20. The molecule has 0 aliphatic heterocycles. The summed E-state index contributed by atoms with van der Waals surface area (Å²) in [6.07, 6.45) is 0.697. The van der Waals surface area contributed by atoms with Crippen LogP contribution < -0.4 is 5.73 Å². The van der Waals surface area contributed by atoms with E-state index in [1.807, 2.05) is 13.0 Å². The Bertz CT molecular complexity index is 654. The van der Waals surface area contributed by atoms with Gasteiger partial charge in [0.25, 0.3) is 5.69 Å². The number of rotatable bonds is 4. The van der Waals surface area contributed by atoms with Crippen molar-refractivity contribution in [2.24, 2.45) is 0 Å². The molecular weight excluding hydrogens is 280 g/mol. The van der Waals surface area contributed by atoms with E-state index in [0.717, 1.165) is 5.56 Å². The van der Waals surface area contributed by atoms with Crippen molar-refractivity contribution >= 4 is 23.1 Å². The molecule has 0 saturated heterocycles. The Morgan fingerprint density at radius 2 is 2.25 bits per heavy atom. The van der Waals surface area contributed by atoms with Crippen LogP contribution in [-0.2, 0) is 0 Å². The fourth-order valence-electron chi connectivity index (χ4n) is 2.18. The summed E-state index contributed by atoms with van der Waals surface area (Å²) >= 11 is 6.05. The summed E-state index contributed by atoms with van der Waals surface area (Å²) < 4.78 is 1.62. The highest BCUT2D eigenvalue weighted by Gasteiger charge is 2.20. The summed E-state index contributed by atoms with van der Waals surface area (Å²) in [6, 6.07) is 6.30. The lowest BCUT2D eigenvalue weighted by atomic mass is 10.0. The number of benzene rings is 1. The van der Waals surface area contributed by atoms with E-state index in [4.69, 9.17) is 17.3 Å².